The highest BCUT2D eigenvalue weighted by Crippen LogP contribution is 2.20. The SMILES string of the molecule is O=C1CCCCCN1CCCNS(=O)(=O)c1cccc2nsnc12. The summed E-state index contributed by atoms with van der Waals surface area (Å²) in [6.45, 7) is 1.65. The lowest BCUT2D eigenvalue weighted by Gasteiger charge is -2.20. The molecule has 1 aromatic carbocycles. The van der Waals surface area contributed by atoms with E-state index in [-0.39, 0.29) is 10.8 Å². The van der Waals surface area contributed by atoms with Crippen LogP contribution in [0.3, 0.4) is 0 Å². The third-order valence-corrected chi connectivity index (χ3v) is 6.14. The van der Waals surface area contributed by atoms with Crippen LogP contribution >= 0.6 is 11.7 Å². The molecule has 9 heteroatoms. The molecule has 1 amide bonds. The average molecular weight is 368 g/mol. The van der Waals surface area contributed by atoms with Crippen molar-refractivity contribution in [3.05, 3.63) is 18.2 Å². The van der Waals surface area contributed by atoms with Crippen LogP contribution in [-0.2, 0) is 14.8 Å². The van der Waals surface area contributed by atoms with Crippen LogP contribution in [0, 0.1) is 0 Å². The molecule has 0 radical (unpaired) electrons. The van der Waals surface area contributed by atoms with Crippen LogP contribution in [0.4, 0.5) is 0 Å². The molecule has 0 saturated carbocycles. The Bertz CT molecular complexity index is 819. The number of nitrogens with one attached hydrogen (secondary N) is 1. The standard InChI is InChI=1S/C15H20N4O3S2/c20-14-8-2-1-3-10-19(14)11-5-9-16-24(21,22)13-7-4-6-12-15(13)18-23-17-12/h4,6-7,16H,1-3,5,8-11H2. The molecule has 2 aromatic rings. The normalized spacial score (nSPS) is 16.5. The minimum atomic E-state index is -3.63. The van der Waals surface area contributed by atoms with Gasteiger partial charge in [-0.3, -0.25) is 4.79 Å². The van der Waals surface area contributed by atoms with E-state index in [0.29, 0.717) is 37.0 Å². The van der Waals surface area contributed by atoms with E-state index < -0.39 is 10.0 Å². The third kappa shape index (κ3) is 3.90. The van der Waals surface area contributed by atoms with Gasteiger partial charge in [0.1, 0.15) is 15.9 Å². The van der Waals surface area contributed by atoms with Gasteiger partial charge in [0, 0.05) is 26.1 Å². The maximum Gasteiger partial charge on any atom is 0.242 e. The number of carbonyl (C=O) groups excluding carboxylic acids is 1. The van der Waals surface area contributed by atoms with Crippen LogP contribution in [0.1, 0.15) is 32.1 Å². The minimum Gasteiger partial charge on any atom is -0.343 e. The van der Waals surface area contributed by atoms with Gasteiger partial charge >= 0.3 is 0 Å². The lowest BCUT2D eigenvalue weighted by molar-refractivity contribution is -0.130. The van der Waals surface area contributed by atoms with Crippen molar-refractivity contribution in [3.63, 3.8) is 0 Å². The molecule has 1 fully saturated rings. The first-order chi connectivity index (χ1) is 11.6. The lowest BCUT2D eigenvalue weighted by Crippen LogP contribution is -2.34. The topological polar surface area (TPSA) is 92.3 Å². The number of aromatic nitrogens is 2. The third-order valence-electron chi connectivity index (χ3n) is 4.11. The van der Waals surface area contributed by atoms with Gasteiger partial charge in [-0.15, -0.1) is 0 Å². The summed E-state index contributed by atoms with van der Waals surface area (Å²) in [4.78, 5) is 13.9. The van der Waals surface area contributed by atoms with Crippen LogP contribution in [0.25, 0.3) is 11.0 Å². The highest BCUT2D eigenvalue weighted by atomic mass is 32.2. The molecule has 1 N–H and O–H groups in total. The Labute approximate surface area is 145 Å². The zero-order valence-electron chi connectivity index (χ0n) is 13.3. The van der Waals surface area contributed by atoms with Crippen molar-refractivity contribution in [2.45, 2.75) is 37.0 Å². The van der Waals surface area contributed by atoms with Crippen molar-refractivity contribution >= 4 is 38.7 Å². The molecular weight excluding hydrogens is 348 g/mol. The fraction of sp³-hybridized carbons (Fsp3) is 0.533. The first-order valence-electron chi connectivity index (χ1n) is 8.07. The molecule has 0 spiro atoms. The first kappa shape index (κ1) is 17.2. The molecule has 2 heterocycles. The van der Waals surface area contributed by atoms with E-state index in [4.69, 9.17) is 0 Å². The highest BCUT2D eigenvalue weighted by Gasteiger charge is 2.20. The molecule has 24 heavy (non-hydrogen) atoms. The van der Waals surface area contributed by atoms with Crippen molar-refractivity contribution < 1.29 is 13.2 Å². The molecule has 1 saturated heterocycles. The molecule has 1 aromatic heterocycles. The van der Waals surface area contributed by atoms with Crippen molar-refractivity contribution in [1.82, 2.24) is 18.4 Å². The van der Waals surface area contributed by atoms with Gasteiger partial charge in [-0.25, -0.2) is 13.1 Å². The second-order valence-electron chi connectivity index (χ2n) is 5.83. The van der Waals surface area contributed by atoms with Gasteiger partial charge in [0.15, 0.2) is 0 Å². The molecule has 7 nitrogen and oxygen atoms in total. The van der Waals surface area contributed by atoms with E-state index in [1.807, 2.05) is 4.90 Å². The number of hydrogen-bond donors (Lipinski definition) is 1. The van der Waals surface area contributed by atoms with Gasteiger partial charge in [0.05, 0.1) is 11.7 Å². The van der Waals surface area contributed by atoms with Crippen molar-refractivity contribution in [2.75, 3.05) is 19.6 Å². The van der Waals surface area contributed by atoms with E-state index in [1.54, 1.807) is 12.1 Å². The Morgan fingerprint density at radius 2 is 2.08 bits per heavy atom. The van der Waals surface area contributed by atoms with E-state index in [1.165, 1.54) is 6.07 Å². The molecule has 3 rings (SSSR count). The summed E-state index contributed by atoms with van der Waals surface area (Å²) in [5.74, 6) is 0.175. The van der Waals surface area contributed by atoms with Gasteiger partial charge < -0.3 is 4.90 Å². The van der Waals surface area contributed by atoms with Crippen molar-refractivity contribution in [2.24, 2.45) is 0 Å². The summed E-state index contributed by atoms with van der Waals surface area (Å²) in [5, 5.41) is 0. The highest BCUT2D eigenvalue weighted by molar-refractivity contribution is 7.89. The van der Waals surface area contributed by atoms with E-state index in [2.05, 4.69) is 13.5 Å². The summed E-state index contributed by atoms with van der Waals surface area (Å²) >= 11 is 0.996. The maximum atomic E-state index is 12.5. The number of hydrogen-bond acceptors (Lipinski definition) is 6. The Morgan fingerprint density at radius 3 is 2.96 bits per heavy atom. The smallest absolute Gasteiger partial charge is 0.242 e. The molecule has 1 aliphatic heterocycles. The van der Waals surface area contributed by atoms with Gasteiger partial charge in [-0.1, -0.05) is 12.5 Å². The summed E-state index contributed by atoms with van der Waals surface area (Å²) in [7, 11) is -3.63. The average Bonchev–Trinajstić information content (AvgIpc) is 2.95. The number of benzene rings is 1. The number of rotatable bonds is 6. The number of carbonyl (C=O) groups is 1. The van der Waals surface area contributed by atoms with Crippen LogP contribution in [0.5, 0.6) is 0 Å². The first-order valence-corrected chi connectivity index (χ1v) is 10.3. The zero-order chi connectivity index (χ0) is 17.0. The summed E-state index contributed by atoms with van der Waals surface area (Å²) in [6.07, 6.45) is 4.26. The number of nitrogens with zero attached hydrogens (tertiary/aromatic N) is 3. The number of fused-ring (bicyclic) bond motifs is 1. The fourth-order valence-electron chi connectivity index (χ4n) is 2.83. The number of sulfonamides is 1. The van der Waals surface area contributed by atoms with E-state index >= 15 is 0 Å². The van der Waals surface area contributed by atoms with Crippen molar-refractivity contribution in [1.29, 1.82) is 0 Å². The predicted molar refractivity (Wildman–Crippen MR) is 92.3 cm³/mol. The van der Waals surface area contributed by atoms with Gasteiger partial charge in [0.2, 0.25) is 15.9 Å². The van der Waals surface area contributed by atoms with Gasteiger partial charge in [-0.05, 0) is 31.4 Å². The molecule has 130 valence electrons. The quantitative estimate of drug-likeness (QED) is 0.785. The molecule has 0 unspecified atom stereocenters. The largest absolute Gasteiger partial charge is 0.343 e. The Morgan fingerprint density at radius 1 is 1.21 bits per heavy atom. The molecule has 0 atom stereocenters. The van der Waals surface area contributed by atoms with E-state index in [0.717, 1.165) is 37.5 Å². The van der Waals surface area contributed by atoms with Crippen LogP contribution in [-0.4, -0.2) is 47.6 Å². The number of likely N-dealkylation sites (tertiary alicyclic amines) is 1. The summed E-state index contributed by atoms with van der Waals surface area (Å²) in [5.41, 5.74) is 0.982. The second kappa shape index (κ2) is 7.54. The Balaban J connectivity index is 1.58. The molecular formula is C15H20N4O3S2. The maximum absolute atomic E-state index is 12.5. The predicted octanol–water partition coefficient (Wildman–Crippen LogP) is 1.76. The fourth-order valence-corrected chi connectivity index (χ4v) is 4.67. The van der Waals surface area contributed by atoms with Crippen LogP contribution < -0.4 is 4.72 Å². The Kier molecular flexibility index (Phi) is 5.42. The van der Waals surface area contributed by atoms with Gasteiger partial charge in [-0.2, -0.15) is 8.75 Å². The molecule has 1 aliphatic rings. The van der Waals surface area contributed by atoms with Gasteiger partial charge in [0.25, 0.3) is 0 Å². The monoisotopic (exact) mass is 368 g/mol. The Hall–Kier alpha value is -1.58. The molecule has 0 bridgehead atoms. The summed E-state index contributed by atoms with van der Waals surface area (Å²) < 4.78 is 35.6. The minimum absolute atomic E-state index is 0.152. The van der Waals surface area contributed by atoms with Crippen molar-refractivity contribution in [3.8, 4) is 0 Å². The van der Waals surface area contributed by atoms with E-state index in [9.17, 15) is 13.2 Å². The van der Waals surface area contributed by atoms with Crippen LogP contribution in [0.15, 0.2) is 23.1 Å². The molecule has 0 aliphatic carbocycles. The number of amides is 1. The lowest BCUT2D eigenvalue weighted by atomic mass is 10.2. The second-order valence-corrected chi connectivity index (χ2v) is 8.09. The zero-order valence-corrected chi connectivity index (χ0v) is 14.9. The van der Waals surface area contributed by atoms with Crippen LogP contribution in [0.2, 0.25) is 0 Å². The summed E-state index contributed by atoms with van der Waals surface area (Å²) in [6, 6.07) is 4.93.